The molecule has 2 aromatic heterocycles. The molecule has 0 spiro atoms. The number of allylic oxidation sites excluding steroid dienone is 6. The van der Waals surface area contributed by atoms with Gasteiger partial charge >= 0.3 is 11.9 Å². The standard InChI is InChI=1S/C49H61N7O4.C24H32O4.C5H6O2.CH3B.CH4/c1-10-11-12-15-34-27-44(57)48(37-26-33(4)18-19-35(37)32(2)3)46(28-34)60-25-21-47(58)51-40-29-41(45(59-9)30-43(40)55(7)24-23-54(5)6)53-49-50-22-20-39(52-49)38-31-56(8)42-17-14-13-16-36(38)42;1-5-6-7-8-18-14-21(25)24(22(15-18)28-12-11-23(26)27)20-13-17(4)9-10-19(20)16(2)3;1-3-5(6)7-4-2;1-2;/h13-14,16-17,20-22,25-31,35,37,57H,2,10-12,15,18-19,23-24H2,1,3-9H3,(H,51,58)(H,50,52,53);11-15,19-20,25H,2,5-10H2,1,3-4H3,(H,26,27);1H,4H2,2H3;1H3;1H4/b25-21+;12-11+;;;/t35-,37+;19-,20+;;;/m00.../s1/i;;;1D;. The molecular formula is C80H106BN7O10. The Morgan fingerprint density at radius 2 is 1.36 bits per heavy atom. The number of methoxy groups -OCH3 is 1. The number of esters is 1. The Kier molecular flexibility index (Phi) is 33.1. The number of aryl methyl sites for hydroxylation is 3. The maximum atomic E-state index is 13.8. The van der Waals surface area contributed by atoms with Gasteiger partial charge in [0.15, 0.2) is 0 Å². The van der Waals surface area contributed by atoms with Gasteiger partial charge in [0.05, 0.1) is 62.9 Å². The zero-order valence-corrected chi connectivity index (χ0v) is 59.1. The number of unbranched alkanes of at least 4 members (excludes halogenated alkanes) is 4. The minimum atomic E-state index is -1.07. The number of fused-ring (bicyclic) bond motifs is 1. The van der Waals surface area contributed by atoms with Crippen molar-refractivity contribution in [3.05, 3.63) is 174 Å². The highest BCUT2D eigenvalue weighted by Crippen LogP contribution is 2.49. The van der Waals surface area contributed by atoms with Gasteiger partial charge in [-0.2, -0.15) is 0 Å². The first kappa shape index (κ1) is 79.2. The van der Waals surface area contributed by atoms with Crippen LogP contribution in [0.25, 0.3) is 22.2 Å². The number of aromatic hydroxyl groups is 2. The molecule has 2 radical (unpaired) electrons. The van der Waals surface area contributed by atoms with Crippen LogP contribution in [0.4, 0.5) is 23.0 Å². The summed E-state index contributed by atoms with van der Waals surface area (Å²) in [5, 5.41) is 38.9. The van der Waals surface area contributed by atoms with Gasteiger partial charge < -0.3 is 59.3 Å². The number of rotatable bonds is 28. The molecule has 6 aromatic rings. The first-order valence-corrected chi connectivity index (χ1v) is 33.3. The van der Waals surface area contributed by atoms with Gasteiger partial charge in [0.2, 0.25) is 5.95 Å². The SMILES string of the molecule is C.C#CC(=O)OCC.C=C(C)[C@@H]1CCC(C)=C[C@H]1c1c(O)cc(CCCCC)cc1O/C=C/C(=O)Nc1cc(Nc2nccc(-c3cn(C)c4ccccc34)n2)c(OC)cc1N(C)CCN(C)C.C=C(C)[C@@H]1CCC(C)=C[C@H]1c1c(O)cc(CCCCC)cc1O/C=C/C(=O)O.[2H]C[B]. The number of phenolic OH excluding ortho intramolecular Hbond substituents is 2. The van der Waals surface area contributed by atoms with E-state index in [9.17, 15) is 24.6 Å². The largest absolute Gasteiger partial charge is 0.507 e. The summed E-state index contributed by atoms with van der Waals surface area (Å²) in [6.07, 6.45) is 29.9. The van der Waals surface area contributed by atoms with E-state index in [1.807, 2.05) is 89.7 Å². The van der Waals surface area contributed by atoms with E-state index in [2.05, 4.69) is 127 Å². The Morgan fingerprint density at radius 3 is 1.85 bits per heavy atom. The van der Waals surface area contributed by atoms with Crippen LogP contribution in [0.15, 0.2) is 151 Å². The number of para-hydroxylation sites is 1. The van der Waals surface area contributed by atoms with Crippen LogP contribution >= 0.6 is 0 Å². The van der Waals surface area contributed by atoms with E-state index in [1.165, 1.54) is 29.7 Å². The summed E-state index contributed by atoms with van der Waals surface area (Å²) >= 11 is 0. The van der Waals surface area contributed by atoms with Crippen molar-refractivity contribution in [2.24, 2.45) is 18.9 Å². The molecule has 8 rings (SSSR count). The number of carboxylic acid groups (broad SMARTS) is 1. The quantitative estimate of drug-likeness (QED) is 0.00452. The van der Waals surface area contributed by atoms with Crippen LogP contribution < -0.4 is 29.7 Å². The van der Waals surface area contributed by atoms with Crippen molar-refractivity contribution in [2.75, 3.05) is 63.5 Å². The second-order valence-electron chi connectivity index (χ2n) is 24.9. The minimum absolute atomic E-state index is 0. The molecule has 0 unspecified atom stereocenters. The molecule has 17 nitrogen and oxygen atoms in total. The first-order chi connectivity index (χ1) is 46.9. The Hall–Kier alpha value is -9.47. The van der Waals surface area contributed by atoms with Crippen molar-refractivity contribution in [1.29, 1.82) is 0 Å². The average molecular weight is 1340 g/mol. The van der Waals surface area contributed by atoms with Crippen LogP contribution in [0, 0.1) is 24.2 Å². The predicted octanol–water partition coefficient (Wildman–Crippen LogP) is 17.5. The maximum Gasteiger partial charge on any atom is 0.384 e. The molecule has 0 aliphatic heterocycles. The van der Waals surface area contributed by atoms with Gasteiger partial charge in [-0.1, -0.05) is 120 Å². The molecule has 0 saturated heterocycles. The van der Waals surface area contributed by atoms with E-state index < -0.39 is 11.9 Å². The highest BCUT2D eigenvalue weighted by molar-refractivity contribution is 6.05. The van der Waals surface area contributed by atoms with E-state index in [0.717, 1.165) is 140 Å². The molecule has 98 heavy (non-hydrogen) atoms. The summed E-state index contributed by atoms with van der Waals surface area (Å²) in [5.41, 5.74) is 12.9. The first-order valence-electron chi connectivity index (χ1n) is 34.0. The smallest absolute Gasteiger partial charge is 0.384 e. The third kappa shape index (κ3) is 23.7. The van der Waals surface area contributed by atoms with Gasteiger partial charge in [-0.15, -0.1) is 6.42 Å². The van der Waals surface area contributed by atoms with Gasteiger partial charge in [0, 0.05) is 98.4 Å². The van der Waals surface area contributed by atoms with Crippen LogP contribution in [0.1, 0.15) is 156 Å². The zero-order chi connectivity index (χ0) is 72.0. The molecule has 2 aliphatic rings. The van der Waals surface area contributed by atoms with Gasteiger partial charge in [0.1, 0.15) is 28.7 Å². The van der Waals surface area contributed by atoms with Crippen molar-refractivity contribution in [3.63, 3.8) is 0 Å². The third-order valence-corrected chi connectivity index (χ3v) is 17.1. The summed E-state index contributed by atoms with van der Waals surface area (Å²) < 4.78 is 30.3. The van der Waals surface area contributed by atoms with Gasteiger partial charge in [-0.25, -0.2) is 19.6 Å². The highest BCUT2D eigenvalue weighted by atomic mass is 16.5. The summed E-state index contributed by atoms with van der Waals surface area (Å²) in [7, 11) is 14.2. The van der Waals surface area contributed by atoms with Crippen LogP contribution in [0.3, 0.4) is 0 Å². The Bertz CT molecular complexity index is 3850. The molecule has 0 saturated carbocycles. The predicted molar refractivity (Wildman–Crippen MR) is 402 cm³/mol. The Labute approximate surface area is 586 Å². The maximum absolute atomic E-state index is 13.8. The van der Waals surface area contributed by atoms with E-state index >= 15 is 0 Å². The van der Waals surface area contributed by atoms with Crippen LogP contribution in [-0.2, 0) is 39.0 Å². The number of phenols is 2. The Morgan fingerprint density at radius 1 is 0.806 bits per heavy atom. The summed E-state index contributed by atoms with van der Waals surface area (Å²) in [6, 6.07) is 21.5. The van der Waals surface area contributed by atoms with Crippen LogP contribution in [0.2, 0.25) is 6.80 Å². The Balaban J connectivity index is 0.000000441. The fourth-order valence-corrected chi connectivity index (χ4v) is 12.1. The van der Waals surface area contributed by atoms with E-state index in [1.54, 1.807) is 26.2 Å². The number of nitrogens with zero attached hydrogens (tertiary/aromatic N) is 5. The van der Waals surface area contributed by atoms with E-state index in [0.29, 0.717) is 58.9 Å². The molecule has 5 N–H and O–H groups in total. The number of hydrogen-bond donors (Lipinski definition) is 5. The van der Waals surface area contributed by atoms with Crippen molar-refractivity contribution >= 4 is 59.6 Å². The minimum Gasteiger partial charge on any atom is -0.507 e. The number of anilines is 4. The van der Waals surface area contributed by atoms with Crippen molar-refractivity contribution < 1.29 is 50.0 Å². The van der Waals surface area contributed by atoms with Gasteiger partial charge in [0.25, 0.3) is 5.91 Å². The topological polar surface area (TPSA) is 210 Å². The number of aliphatic carboxylic acids is 1. The molecule has 524 valence electrons. The van der Waals surface area contributed by atoms with Crippen LogP contribution in [-0.4, -0.2) is 108 Å². The number of nitrogens with one attached hydrogen (secondary N) is 2. The number of carboxylic acids is 1. The molecule has 4 aromatic carbocycles. The lowest BCUT2D eigenvalue weighted by Crippen LogP contribution is -2.29. The van der Waals surface area contributed by atoms with E-state index in [-0.39, 0.29) is 55.3 Å². The fourth-order valence-electron chi connectivity index (χ4n) is 12.1. The van der Waals surface area contributed by atoms with Gasteiger partial charge in [-0.3, -0.25) is 4.79 Å². The molecule has 0 fully saturated rings. The van der Waals surface area contributed by atoms with E-state index in [4.69, 9.17) is 25.7 Å². The second kappa shape index (κ2) is 40.9. The lowest BCUT2D eigenvalue weighted by molar-refractivity contribution is -0.136. The van der Waals surface area contributed by atoms with Crippen molar-refractivity contribution in [3.8, 4) is 52.3 Å². The second-order valence-corrected chi connectivity index (χ2v) is 24.9. The number of hydrogen-bond acceptors (Lipinski definition) is 14. The normalized spacial score (nSPS) is 15.6. The lowest BCUT2D eigenvalue weighted by atomic mass is 9.73. The highest BCUT2D eigenvalue weighted by Gasteiger charge is 2.33. The average Bonchev–Trinajstić information content (AvgIpc) is 1.76. The number of amides is 1. The summed E-state index contributed by atoms with van der Waals surface area (Å²) in [4.78, 5) is 48.2. The van der Waals surface area contributed by atoms with Crippen molar-refractivity contribution in [2.45, 2.75) is 152 Å². The van der Waals surface area contributed by atoms with Crippen molar-refractivity contribution in [1.82, 2.24) is 19.4 Å². The number of carbonyl (C=O) groups excluding carboxylic acids is 2. The number of ether oxygens (including phenoxy) is 4. The lowest BCUT2D eigenvalue weighted by Gasteiger charge is -2.32. The molecule has 0 bridgehead atoms. The number of benzene rings is 4. The molecule has 4 atom stereocenters. The molecular weight excluding hydrogens is 1230 g/mol. The fraction of sp³-hybridized carbons (Fsp3) is 0.412. The number of terminal acetylenes is 1. The molecule has 2 aliphatic carbocycles. The monoisotopic (exact) mass is 1340 g/mol. The number of aromatic nitrogens is 3. The third-order valence-electron chi connectivity index (χ3n) is 17.1. The molecule has 2 heterocycles. The zero-order valence-electron chi connectivity index (χ0n) is 60.1. The number of likely N-dealkylation sites (N-methyl/N-ethyl adjacent to an activating group) is 2. The van der Waals surface area contributed by atoms with Gasteiger partial charge in [-0.05, 0) is 166 Å². The molecule has 18 heteroatoms. The summed E-state index contributed by atoms with van der Waals surface area (Å²) in [6.45, 7) is 24.6. The summed E-state index contributed by atoms with van der Waals surface area (Å²) in [5.74, 6) is 2.40. The molecule has 1 amide bonds. The number of carbonyl (C=O) groups is 3. The van der Waals surface area contributed by atoms with Crippen LogP contribution in [0.5, 0.6) is 28.7 Å².